The lowest BCUT2D eigenvalue weighted by molar-refractivity contribution is 0.344. The first-order valence-corrected chi connectivity index (χ1v) is 4.84. The zero-order chi connectivity index (χ0) is 7.23. The van der Waals surface area contributed by atoms with Crippen molar-refractivity contribution in [3.63, 3.8) is 0 Å². The van der Waals surface area contributed by atoms with Gasteiger partial charge in [0.25, 0.3) is 0 Å². The first-order valence-electron chi connectivity index (χ1n) is 4.37. The second kappa shape index (κ2) is 4.84. The van der Waals surface area contributed by atoms with Crippen LogP contribution in [-0.4, -0.2) is 5.37 Å². The monoisotopic (exact) mass is 156 g/mol. The molecule has 0 bridgehead atoms. The van der Waals surface area contributed by atoms with Crippen LogP contribution in [0.2, 0.25) is 0 Å². The maximum atomic E-state index is 4.80. The van der Waals surface area contributed by atoms with Gasteiger partial charge in [0.1, 0.15) is 0 Å². The van der Waals surface area contributed by atoms with Gasteiger partial charge in [0, 0.05) is 0 Å². The Balaban J connectivity index is 2.07. The Morgan fingerprint density at radius 1 is 1.20 bits per heavy atom. The molecule has 58 valence electrons. The highest BCUT2D eigenvalue weighted by molar-refractivity contribution is 7.78. The molecule has 0 amide bonds. The van der Waals surface area contributed by atoms with Crippen molar-refractivity contribution in [3.05, 3.63) is 0 Å². The van der Waals surface area contributed by atoms with Gasteiger partial charge in [-0.3, -0.25) is 0 Å². The van der Waals surface area contributed by atoms with Crippen molar-refractivity contribution in [1.82, 2.24) is 0 Å². The number of hydrogen-bond acceptors (Lipinski definition) is 1. The van der Waals surface area contributed by atoms with E-state index < -0.39 is 0 Å². The van der Waals surface area contributed by atoms with Crippen LogP contribution >= 0.6 is 12.2 Å². The van der Waals surface area contributed by atoms with Crippen molar-refractivity contribution in [3.8, 4) is 0 Å². The lowest BCUT2D eigenvalue weighted by atomic mass is 9.86. The van der Waals surface area contributed by atoms with E-state index in [9.17, 15) is 0 Å². The van der Waals surface area contributed by atoms with Crippen LogP contribution in [0.5, 0.6) is 0 Å². The molecule has 0 heterocycles. The molecule has 0 N–H and O–H groups in total. The standard InChI is InChI=1S/C9H16S/c10-8-4-7-9-5-2-1-3-6-9/h8-9H,1-7H2. The molecular weight excluding hydrogens is 140 g/mol. The van der Waals surface area contributed by atoms with Gasteiger partial charge < -0.3 is 0 Å². The summed E-state index contributed by atoms with van der Waals surface area (Å²) in [7, 11) is 0. The van der Waals surface area contributed by atoms with Gasteiger partial charge in [-0.15, -0.1) is 0 Å². The fraction of sp³-hybridized carbons (Fsp3) is 0.889. The molecule has 0 aromatic carbocycles. The molecule has 0 unspecified atom stereocenters. The molecule has 0 aromatic rings. The van der Waals surface area contributed by atoms with Crippen molar-refractivity contribution in [1.29, 1.82) is 0 Å². The Bertz CT molecular complexity index is 92.9. The summed E-state index contributed by atoms with van der Waals surface area (Å²) in [5, 5.41) is 1.88. The maximum absolute atomic E-state index is 4.80. The Kier molecular flexibility index (Phi) is 3.96. The summed E-state index contributed by atoms with van der Waals surface area (Å²) in [6.07, 6.45) is 9.81. The van der Waals surface area contributed by atoms with E-state index >= 15 is 0 Å². The number of rotatable bonds is 3. The van der Waals surface area contributed by atoms with Crippen molar-refractivity contribution >= 4 is 17.6 Å². The molecule has 1 saturated carbocycles. The van der Waals surface area contributed by atoms with E-state index in [1.807, 2.05) is 5.37 Å². The van der Waals surface area contributed by atoms with Crippen molar-refractivity contribution in [2.75, 3.05) is 0 Å². The predicted molar refractivity (Wildman–Crippen MR) is 49.5 cm³/mol. The molecule has 0 aromatic heterocycles. The highest BCUT2D eigenvalue weighted by atomic mass is 32.1. The van der Waals surface area contributed by atoms with Gasteiger partial charge in [-0.05, 0) is 24.1 Å². The molecule has 10 heavy (non-hydrogen) atoms. The van der Waals surface area contributed by atoms with Crippen LogP contribution in [0.4, 0.5) is 0 Å². The fourth-order valence-corrected chi connectivity index (χ4v) is 1.92. The lowest BCUT2D eigenvalue weighted by Crippen LogP contribution is -2.05. The third-order valence-corrected chi connectivity index (χ3v) is 2.65. The van der Waals surface area contributed by atoms with Crippen LogP contribution in [0.25, 0.3) is 0 Å². The maximum Gasteiger partial charge on any atom is -0.0210 e. The van der Waals surface area contributed by atoms with Gasteiger partial charge in [-0.2, -0.15) is 0 Å². The molecule has 1 rings (SSSR count). The van der Waals surface area contributed by atoms with Crippen molar-refractivity contribution < 1.29 is 0 Å². The highest BCUT2D eigenvalue weighted by Crippen LogP contribution is 2.26. The zero-order valence-electron chi connectivity index (χ0n) is 6.51. The highest BCUT2D eigenvalue weighted by Gasteiger charge is 2.11. The smallest absolute Gasteiger partial charge is 0.0210 e. The van der Waals surface area contributed by atoms with E-state index in [1.165, 1.54) is 38.5 Å². The average Bonchev–Trinajstić information content (AvgIpc) is 2.03. The van der Waals surface area contributed by atoms with Gasteiger partial charge in [-0.1, -0.05) is 44.3 Å². The molecule has 0 atom stereocenters. The molecule has 1 aliphatic rings. The minimum Gasteiger partial charge on any atom is -0.0935 e. The third-order valence-electron chi connectivity index (χ3n) is 2.42. The van der Waals surface area contributed by atoms with Crippen LogP contribution < -0.4 is 0 Å². The van der Waals surface area contributed by atoms with Gasteiger partial charge in [0.05, 0.1) is 0 Å². The lowest BCUT2D eigenvalue weighted by Gasteiger charge is -2.20. The van der Waals surface area contributed by atoms with E-state index in [0.717, 1.165) is 12.3 Å². The van der Waals surface area contributed by atoms with Gasteiger partial charge in [-0.25, -0.2) is 0 Å². The van der Waals surface area contributed by atoms with E-state index in [-0.39, 0.29) is 0 Å². The van der Waals surface area contributed by atoms with Crippen LogP contribution in [0.1, 0.15) is 44.9 Å². The Morgan fingerprint density at radius 3 is 2.50 bits per heavy atom. The zero-order valence-corrected chi connectivity index (χ0v) is 7.33. The summed E-state index contributed by atoms with van der Waals surface area (Å²) in [6.45, 7) is 0. The van der Waals surface area contributed by atoms with Gasteiger partial charge >= 0.3 is 0 Å². The van der Waals surface area contributed by atoms with Gasteiger partial charge in [0.2, 0.25) is 0 Å². The summed E-state index contributed by atoms with van der Waals surface area (Å²) in [4.78, 5) is 0. The third kappa shape index (κ3) is 2.78. The molecule has 0 spiro atoms. The summed E-state index contributed by atoms with van der Waals surface area (Å²) in [5.74, 6) is 1.01. The minimum absolute atomic E-state index is 1.01. The van der Waals surface area contributed by atoms with E-state index in [4.69, 9.17) is 12.2 Å². The number of thiocarbonyl (C=S) groups is 1. The van der Waals surface area contributed by atoms with E-state index in [1.54, 1.807) is 0 Å². The Labute approximate surface area is 69.0 Å². The molecule has 1 aliphatic carbocycles. The largest absolute Gasteiger partial charge is 0.0935 e. The first-order chi connectivity index (χ1) is 4.93. The van der Waals surface area contributed by atoms with Crippen molar-refractivity contribution in [2.45, 2.75) is 44.9 Å². The minimum atomic E-state index is 1.01. The summed E-state index contributed by atoms with van der Waals surface area (Å²) in [5.41, 5.74) is 0. The van der Waals surface area contributed by atoms with Crippen LogP contribution in [0.15, 0.2) is 0 Å². The first kappa shape index (κ1) is 8.19. The molecule has 0 nitrogen and oxygen atoms in total. The van der Waals surface area contributed by atoms with E-state index in [2.05, 4.69) is 0 Å². The SMILES string of the molecule is S=CCCC1CCCCC1. The summed E-state index contributed by atoms with van der Waals surface area (Å²) < 4.78 is 0. The topological polar surface area (TPSA) is 0 Å². The normalized spacial score (nSPS) is 20.8. The molecule has 1 fully saturated rings. The Hall–Kier alpha value is 0.0900. The number of hydrogen-bond donors (Lipinski definition) is 0. The molecule has 1 heteroatoms. The quantitative estimate of drug-likeness (QED) is 0.565. The van der Waals surface area contributed by atoms with Crippen LogP contribution in [0, 0.1) is 5.92 Å². The van der Waals surface area contributed by atoms with E-state index in [0.29, 0.717) is 0 Å². The second-order valence-electron chi connectivity index (χ2n) is 3.25. The average molecular weight is 156 g/mol. The van der Waals surface area contributed by atoms with Crippen LogP contribution in [-0.2, 0) is 0 Å². The fourth-order valence-electron chi connectivity index (χ4n) is 1.78. The Morgan fingerprint density at radius 2 is 1.90 bits per heavy atom. The molecule has 0 saturated heterocycles. The summed E-state index contributed by atoms with van der Waals surface area (Å²) >= 11 is 4.80. The molecule has 0 radical (unpaired) electrons. The van der Waals surface area contributed by atoms with Crippen LogP contribution in [0.3, 0.4) is 0 Å². The molecular formula is C9H16S. The summed E-state index contributed by atoms with van der Waals surface area (Å²) in [6, 6.07) is 0. The molecule has 0 aliphatic heterocycles. The second-order valence-corrected chi connectivity index (χ2v) is 3.58. The van der Waals surface area contributed by atoms with Gasteiger partial charge in [0.15, 0.2) is 0 Å². The van der Waals surface area contributed by atoms with Crippen molar-refractivity contribution in [2.24, 2.45) is 5.92 Å². The predicted octanol–water partition coefficient (Wildman–Crippen LogP) is 3.35.